The highest BCUT2D eigenvalue weighted by Crippen LogP contribution is 2.19. The van der Waals surface area contributed by atoms with Crippen molar-refractivity contribution in [2.75, 3.05) is 5.32 Å². The van der Waals surface area contributed by atoms with E-state index >= 15 is 0 Å². The van der Waals surface area contributed by atoms with E-state index in [-0.39, 0.29) is 0 Å². The monoisotopic (exact) mass is 244 g/mol. The fourth-order valence-electron chi connectivity index (χ4n) is 2.05. The van der Waals surface area contributed by atoms with Crippen molar-refractivity contribution in [2.24, 2.45) is 7.05 Å². The molecule has 0 aliphatic carbocycles. The van der Waals surface area contributed by atoms with Crippen LogP contribution in [0.4, 0.5) is 5.69 Å². The Morgan fingerprint density at radius 3 is 2.56 bits per heavy atom. The van der Waals surface area contributed by atoms with Crippen molar-refractivity contribution in [3.8, 4) is 11.4 Å². The third-order valence-corrected chi connectivity index (χ3v) is 2.99. The Kier molecular flexibility index (Phi) is 3.97. The summed E-state index contributed by atoms with van der Waals surface area (Å²) in [6.07, 6.45) is 4.10. The van der Waals surface area contributed by atoms with Crippen LogP contribution < -0.4 is 5.32 Å². The first kappa shape index (κ1) is 12.6. The Morgan fingerprint density at radius 2 is 2.00 bits per heavy atom. The lowest BCUT2D eigenvalue weighted by molar-refractivity contribution is 0.690. The van der Waals surface area contributed by atoms with E-state index in [1.165, 1.54) is 12.8 Å². The highest BCUT2D eigenvalue weighted by molar-refractivity contribution is 5.59. The Morgan fingerprint density at radius 1 is 1.28 bits per heavy atom. The van der Waals surface area contributed by atoms with Gasteiger partial charge in [-0.15, -0.1) is 10.2 Å². The minimum absolute atomic E-state index is 0.510. The van der Waals surface area contributed by atoms with Crippen molar-refractivity contribution < 1.29 is 0 Å². The summed E-state index contributed by atoms with van der Waals surface area (Å²) in [7, 11) is 1.95. The summed E-state index contributed by atoms with van der Waals surface area (Å²) in [5.74, 6) is 0.892. The molecular weight excluding hydrogens is 224 g/mol. The lowest BCUT2D eigenvalue weighted by atomic mass is 10.1. The van der Waals surface area contributed by atoms with E-state index in [1.807, 2.05) is 11.6 Å². The SMILES string of the molecule is CCCC(C)Nc1ccc(-c2nncn2C)cc1. The molecule has 1 aromatic carbocycles. The summed E-state index contributed by atoms with van der Waals surface area (Å²) in [6.45, 7) is 4.41. The van der Waals surface area contributed by atoms with Crippen LogP contribution in [-0.2, 0) is 7.05 Å². The number of nitrogens with zero attached hydrogens (tertiary/aromatic N) is 3. The largest absolute Gasteiger partial charge is 0.383 e. The fraction of sp³-hybridized carbons (Fsp3) is 0.429. The van der Waals surface area contributed by atoms with Crippen molar-refractivity contribution in [3.05, 3.63) is 30.6 Å². The maximum absolute atomic E-state index is 4.10. The summed E-state index contributed by atoms with van der Waals surface area (Å²) in [5.41, 5.74) is 2.24. The van der Waals surface area contributed by atoms with Crippen LogP contribution in [0.15, 0.2) is 30.6 Å². The number of aryl methyl sites for hydroxylation is 1. The van der Waals surface area contributed by atoms with E-state index in [0.717, 1.165) is 17.1 Å². The number of anilines is 1. The van der Waals surface area contributed by atoms with Crippen molar-refractivity contribution in [2.45, 2.75) is 32.7 Å². The third-order valence-electron chi connectivity index (χ3n) is 2.99. The van der Waals surface area contributed by atoms with Crippen LogP contribution in [-0.4, -0.2) is 20.8 Å². The molecule has 1 atom stereocenters. The van der Waals surface area contributed by atoms with Crippen LogP contribution in [0.1, 0.15) is 26.7 Å². The standard InChI is InChI=1S/C14H20N4/c1-4-5-11(2)16-13-8-6-12(7-9-13)14-17-15-10-18(14)3/h6-11,16H,4-5H2,1-3H3. The molecular formula is C14H20N4. The van der Waals surface area contributed by atoms with Gasteiger partial charge in [0.1, 0.15) is 6.33 Å². The highest BCUT2D eigenvalue weighted by atomic mass is 15.2. The van der Waals surface area contributed by atoms with Crippen LogP contribution in [0.5, 0.6) is 0 Å². The predicted octanol–water partition coefficient (Wildman–Crippen LogP) is 3.08. The Labute approximate surface area is 108 Å². The van der Waals surface area contributed by atoms with E-state index in [4.69, 9.17) is 0 Å². The molecule has 0 amide bonds. The minimum atomic E-state index is 0.510. The van der Waals surface area contributed by atoms with E-state index in [1.54, 1.807) is 6.33 Å². The van der Waals surface area contributed by atoms with Gasteiger partial charge in [-0.2, -0.15) is 0 Å². The number of aromatic nitrogens is 3. The predicted molar refractivity (Wildman–Crippen MR) is 74.4 cm³/mol. The molecule has 1 N–H and O–H groups in total. The molecule has 2 aromatic rings. The minimum Gasteiger partial charge on any atom is -0.383 e. The number of benzene rings is 1. The number of hydrogen-bond donors (Lipinski definition) is 1. The number of hydrogen-bond acceptors (Lipinski definition) is 3. The maximum atomic E-state index is 4.10. The van der Waals surface area contributed by atoms with Crippen molar-refractivity contribution in [1.82, 2.24) is 14.8 Å². The molecule has 0 aliphatic rings. The fourth-order valence-corrected chi connectivity index (χ4v) is 2.05. The van der Waals surface area contributed by atoms with Crippen LogP contribution in [0.3, 0.4) is 0 Å². The topological polar surface area (TPSA) is 42.7 Å². The summed E-state index contributed by atoms with van der Waals surface area (Å²) in [5, 5.41) is 11.5. The molecule has 0 spiro atoms. The molecule has 4 nitrogen and oxygen atoms in total. The van der Waals surface area contributed by atoms with Gasteiger partial charge in [0.25, 0.3) is 0 Å². The Bertz CT molecular complexity index is 487. The van der Waals surface area contributed by atoms with Crippen LogP contribution in [0, 0.1) is 0 Å². The highest BCUT2D eigenvalue weighted by Gasteiger charge is 2.05. The zero-order valence-electron chi connectivity index (χ0n) is 11.2. The molecule has 2 rings (SSSR count). The van der Waals surface area contributed by atoms with E-state index in [2.05, 4.69) is 53.6 Å². The molecule has 0 aliphatic heterocycles. The third kappa shape index (κ3) is 2.88. The summed E-state index contributed by atoms with van der Waals surface area (Å²) in [6, 6.07) is 8.85. The van der Waals surface area contributed by atoms with Gasteiger partial charge in [0, 0.05) is 24.3 Å². The lowest BCUT2D eigenvalue weighted by Gasteiger charge is -2.14. The van der Waals surface area contributed by atoms with Gasteiger partial charge in [-0.05, 0) is 37.6 Å². The zero-order chi connectivity index (χ0) is 13.0. The van der Waals surface area contributed by atoms with Crippen LogP contribution in [0.2, 0.25) is 0 Å². The average Bonchev–Trinajstić information content (AvgIpc) is 2.77. The Hall–Kier alpha value is -1.84. The average molecular weight is 244 g/mol. The van der Waals surface area contributed by atoms with Gasteiger partial charge in [0.15, 0.2) is 5.82 Å². The molecule has 0 saturated heterocycles. The van der Waals surface area contributed by atoms with Gasteiger partial charge in [0.05, 0.1) is 0 Å². The van der Waals surface area contributed by atoms with Crippen molar-refractivity contribution >= 4 is 5.69 Å². The summed E-state index contributed by atoms with van der Waals surface area (Å²) < 4.78 is 1.92. The van der Waals surface area contributed by atoms with Crippen LogP contribution >= 0.6 is 0 Å². The van der Waals surface area contributed by atoms with Gasteiger partial charge in [0.2, 0.25) is 0 Å². The first-order valence-electron chi connectivity index (χ1n) is 6.41. The molecule has 0 saturated carbocycles. The quantitative estimate of drug-likeness (QED) is 0.879. The zero-order valence-corrected chi connectivity index (χ0v) is 11.2. The first-order chi connectivity index (χ1) is 8.70. The van der Waals surface area contributed by atoms with Gasteiger partial charge in [-0.1, -0.05) is 13.3 Å². The lowest BCUT2D eigenvalue weighted by Crippen LogP contribution is -2.14. The Balaban J connectivity index is 2.08. The van der Waals surface area contributed by atoms with E-state index < -0.39 is 0 Å². The van der Waals surface area contributed by atoms with Crippen molar-refractivity contribution in [3.63, 3.8) is 0 Å². The molecule has 1 heterocycles. The van der Waals surface area contributed by atoms with Gasteiger partial charge in [-0.25, -0.2) is 0 Å². The summed E-state index contributed by atoms with van der Waals surface area (Å²) >= 11 is 0. The van der Waals surface area contributed by atoms with Gasteiger partial charge < -0.3 is 9.88 Å². The molecule has 0 bridgehead atoms. The van der Waals surface area contributed by atoms with Gasteiger partial charge in [-0.3, -0.25) is 0 Å². The van der Waals surface area contributed by atoms with Crippen molar-refractivity contribution in [1.29, 1.82) is 0 Å². The molecule has 1 aromatic heterocycles. The second-order valence-corrected chi connectivity index (χ2v) is 4.68. The summed E-state index contributed by atoms with van der Waals surface area (Å²) in [4.78, 5) is 0. The van der Waals surface area contributed by atoms with E-state index in [0.29, 0.717) is 6.04 Å². The van der Waals surface area contributed by atoms with Crippen LogP contribution in [0.25, 0.3) is 11.4 Å². The smallest absolute Gasteiger partial charge is 0.163 e. The second-order valence-electron chi connectivity index (χ2n) is 4.68. The van der Waals surface area contributed by atoms with E-state index in [9.17, 15) is 0 Å². The molecule has 0 fully saturated rings. The molecule has 18 heavy (non-hydrogen) atoms. The number of rotatable bonds is 5. The molecule has 0 radical (unpaired) electrons. The van der Waals surface area contributed by atoms with Gasteiger partial charge >= 0.3 is 0 Å². The molecule has 4 heteroatoms. The first-order valence-corrected chi connectivity index (χ1v) is 6.41. The normalized spacial score (nSPS) is 12.4. The number of nitrogens with one attached hydrogen (secondary N) is 1. The molecule has 96 valence electrons. The molecule has 1 unspecified atom stereocenters. The second kappa shape index (κ2) is 5.67. The maximum Gasteiger partial charge on any atom is 0.163 e.